The number of rotatable bonds is 3. The van der Waals surface area contributed by atoms with Crippen molar-refractivity contribution in [3.05, 3.63) is 34.7 Å². The van der Waals surface area contributed by atoms with Gasteiger partial charge in [0.05, 0.1) is 16.4 Å². The number of nitriles is 2. The van der Waals surface area contributed by atoms with Gasteiger partial charge in [-0.25, -0.2) is 4.98 Å². The van der Waals surface area contributed by atoms with Crippen LogP contribution >= 0.6 is 11.3 Å². The fourth-order valence-corrected chi connectivity index (χ4v) is 2.03. The first-order valence-electron chi connectivity index (χ1n) is 5.39. The van der Waals surface area contributed by atoms with Gasteiger partial charge in [-0.15, -0.1) is 11.3 Å². The summed E-state index contributed by atoms with van der Waals surface area (Å²) in [4.78, 5) is 4.40. The summed E-state index contributed by atoms with van der Waals surface area (Å²) in [7, 11) is 0. The number of anilines is 1. The first-order valence-corrected chi connectivity index (χ1v) is 6.27. The normalized spacial score (nSPS) is 9.21. The molecule has 1 aromatic heterocycles. The van der Waals surface area contributed by atoms with Crippen LogP contribution in [0.25, 0.3) is 11.3 Å². The van der Waals surface area contributed by atoms with Crippen LogP contribution in [0.15, 0.2) is 34.7 Å². The number of nitrogens with one attached hydrogen (secondary N) is 1. The Bertz CT molecular complexity index is 669. The summed E-state index contributed by atoms with van der Waals surface area (Å²) >= 11 is 1.60. The molecule has 5 nitrogen and oxygen atoms in total. The van der Waals surface area contributed by atoms with Crippen LogP contribution in [0.4, 0.5) is 5.69 Å². The summed E-state index contributed by atoms with van der Waals surface area (Å²) in [5, 5.41) is 23.8. The highest BCUT2D eigenvalue weighted by molar-refractivity contribution is 7.09. The third-order valence-corrected chi connectivity index (χ3v) is 3.08. The second kappa shape index (κ2) is 5.76. The predicted octanol–water partition coefficient (Wildman–Crippen LogP) is 2.93. The van der Waals surface area contributed by atoms with E-state index in [1.807, 2.05) is 36.6 Å². The topological polar surface area (TPSA) is 84.9 Å². The lowest BCUT2D eigenvalue weighted by atomic mass is 10.1. The molecule has 0 saturated heterocycles. The fraction of sp³-hybridized carbons (Fsp3) is 0.0769. The van der Waals surface area contributed by atoms with E-state index in [-0.39, 0.29) is 5.71 Å². The number of thiazole rings is 1. The van der Waals surface area contributed by atoms with Crippen LogP contribution in [-0.4, -0.2) is 10.7 Å². The maximum absolute atomic E-state index is 8.55. The minimum absolute atomic E-state index is 0.209. The van der Waals surface area contributed by atoms with Crippen LogP contribution in [0, 0.1) is 29.6 Å². The second-order valence-corrected chi connectivity index (χ2v) is 4.69. The fourth-order valence-electron chi connectivity index (χ4n) is 1.41. The highest BCUT2D eigenvalue weighted by Crippen LogP contribution is 2.22. The molecule has 0 fully saturated rings. The van der Waals surface area contributed by atoms with E-state index in [9.17, 15) is 0 Å². The first kappa shape index (κ1) is 12.7. The van der Waals surface area contributed by atoms with Crippen LogP contribution in [-0.2, 0) is 0 Å². The molecule has 2 aromatic rings. The smallest absolute Gasteiger partial charge is 0.237 e. The minimum atomic E-state index is -0.209. The number of benzene rings is 1. The van der Waals surface area contributed by atoms with Gasteiger partial charge >= 0.3 is 0 Å². The van der Waals surface area contributed by atoms with Crippen molar-refractivity contribution in [2.24, 2.45) is 5.10 Å². The first-order chi connectivity index (χ1) is 9.22. The lowest BCUT2D eigenvalue weighted by Crippen LogP contribution is -1.96. The molecule has 0 atom stereocenters. The number of nitrogens with zero attached hydrogens (tertiary/aromatic N) is 4. The van der Waals surface area contributed by atoms with Gasteiger partial charge in [-0.05, 0) is 19.1 Å². The van der Waals surface area contributed by atoms with E-state index in [2.05, 4.69) is 15.5 Å². The van der Waals surface area contributed by atoms with E-state index in [0.29, 0.717) is 5.69 Å². The summed E-state index contributed by atoms with van der Waals surface area (Å²) in [5.74, 6) is 0. The third kappa shape index (κ3) is 3.15. The van der Waals surface area contributed by atoms with Gasteiger partial charge in [0, 0.05) is 10.9 Å². The molecule has 0 aliphatic carbocycles. The summed E-state index contributed by atoms with van der Waals surface area (Å²) < 4.78 is 0. The van der Waals surface area contributed by atoms with Crippen molar-refractivity contribution in [3.8, 4) is 23.4 Å². The number of hydrogen-bond donors (Lipinski definition) is 1. The molecule has 0 amide bonds. The molecule has 2 rings (SSSR count). The summed E-state index contributed by atoms with van der Waals surface area (Å²) in [6, 6.07) is 10.8. The summed E-state index contributed by atoms with van der Waals surface area (Å²) in [5.41, 5.74) is 5.10. The van der Waals surface area contributed by atoms with E-state index in [0.717, 1.165) is 16.3 Å². The molecule has 0 unspecified atom stereocenters. The Morgan fingerprint density at radius 2 is 1.95 bits per heavy atom. The molecule has 1 aromatic carbocycles. The molecule has 0 radical (unpaired) electrons. The van der Waals surface area contributed by atoms with Crippen LogP contribution in [0.5, 0.6) is 0 Å². The molecule has 92 valence electrons. The Balaban J connectivity index is 2.14. The predicted molar refractivity (Wildman–Crippen MR) is 74.6 cm³/mol. The van der Waals surface area contributed by atoms with Crippen LogP contribution in [0.1, 0.15) is 5.01 Å². The largest absolute Gasteiger partial charge is 0.277 e. The van der Waals surface area contributed by atoms with Crippen molar-refractivity contribution >= 4 is 22.7 Å². The van der Waals surface area contributed by atoms with Gasteiger partial charge in [0.15, 0.2) is 0 Å². The Labute approximate surface area is 114 Å². The van der Waals surface area contributed by atoms with Crippen molar-refractivity contribution in [1.29, 1.82) is 10.5 Å². The van der Waals surface area contributed by atoms with E-state index in [1.165, 1.54) is 0 Å². The second-order valence-electron chi connectivity index (χ2n) is 3.62. The van der Waals surface area contributed by atoms with Crippen molar-refractivity contribution in [3.63, 3.8) is 0 Å². The molecule has 1 N–H and O–H groups in total. The van der Waals surface area contributed by atoms with Crippen LogP contribution < -0.4 is 5.43 Å². The van der Waals surface area contributed by atoms with E-state index in [4.69, 9.17) is 10.5 Å². The Morgan fingerprint density at radius 1 is 1.26 bits per heavy atom. The van der Waals surface area contributed by atoms with Crippen molar-refractivity contribution in [1.82, 2.24) is 4.98 Å². The van der Waals surface area contributed by atoms with Gasteiger partial charge in [0.25, 0.3) is 0 Å². The van der Waals surface area contributed by atoms with E-state index >= 15 is 0 Å². The lowest BCUT2D eigenvalue weighted by molar-refractivity contribution is 1.29. The maximum atomic E-state index is 8.55. The van der Waals surface area contributed by atoms with Gasteiger partial charge in [0.2, 0.25) is 5.71 Å². The van der Waals surface area contributed by atoms with E-state index in [1.54, 1.807) is 23.5 Å². The average Bonchev–Trinajstić information content (AvgIpc) is 2.87. The van der Waals surface area contributed by atoms with Gasteiger partial charge in [-0.1, -0.05) is 12.1 Å². The lowest BCUT2D eigenvalue weighted by Gasteiger charge is -2.01. The molecule has 1 heterocycles. The zero-order valence-corrected chi connectivity index (χ0v) is 10.9. The standard InChI is InChI=1S/C13H9N5S/c1-9-16-13(8-19-9)10-2-4-11(5-3-10)17-18-12(6-14)7-15/h2-5,8,17H,1H3. The Morgan fingerprint density at radius 3 is 2.47 bits per heavy atom. The van der Waals surface area contributed by atoms with Gasteiger partial charge in [-0.2, -0.15) is 15.6 Å². The molecule has 0 aliphatic rings. The van der Waals surface area contributed by atoms with Crippen molar-refractivity contribution in [2.45, 2.75) is 6.92 Å². The SMILES string of the molecule is Cc1nc(-c2ccc(NN=C(C#N)C#N)cc2)cs1. The van der Waals surface area contributed by atoms with Gasteiger partial charge < -0.3 is 0 Å². The van der Waals surface area contributed by atoms with E-state index < -0.39 is 0 Å². The van der Waals surface area contributed by atoms with Crippen molar-refractivity contribution in [2.75, 3.05) is 5.43 Å². The molecular formula is C13H9N5S. The number of hydrogen-bond acceptors (Lipinski definition) is 6. The zero-order chi connectivity index (χ0) is 13.7. The van der Waals surface area contributed by atoms with Gasteiger partial charge in [-0.3, -0.25) is 5.43 Å². The minimum Gasteiger partial charge on any atom is -0.277 e. The molecule has 6 heteroatoms. The highest BCUT2D eigenvalue weighted by atomic mass is 32.1. The number of aryl methyl sites for hydroxylation is 1. The molecular weight excluding hydrogens is 258 g/mol. The van der Waals surface area contributed by atoms with Crippen molar-refractivity contribution < 1.29 is 0 Å². The number of hydrazone groups is 1. The number of aromatic nitrogens is 1. The third-order valence-electron chi connectivity index (χ3n) is 2.31. The maximum Gasteiger partial charge on any atom is 0.237 e. The molecule has 19 heavy (non-hydrogen) atoms. The monoisotopic (exact) mass is 267 g/mol. The molecule has 0 saturated carbocycles. The quantitative estimate of drug-likeness (QED) is 0.684. The molecule has 0 aliphatic heterocycles. The average molecular weight is 267 g/mol. The van der Waals surface area contributed by atoms with Crippen LogP contribution in [0.2, 0.25) is 0 Å². The Kier molecular flexibility index (Phi) is 3.87. The highest BCUT2D eigenvalue weighted by Gasteiger charge is 2.02. The Hall–Kier alpha value is -2.70. The zero-order valence-electron chi connectivity index (χ0n) is 10.1. The summed E-state index contributed by atoms with van der Waals surface area (Å²) in [6.45, 7) is 1.96. The molecule has 0 spiro atoms. The summed E-state index contributed by atoms with van der Waals surface area (Å²) in [6.07, 6.45) is 0. The van der Waals surface area contributed by atoms with Crippen LogP contribution in [0.3, 0.4) is 0 Å². The molecule has 0 bridgehead atoms. The van der Waals surface area contributed by atoms with Gasteiger partial charge in [0.1, 0.15) is 12.1 Å².